The molecular formula is C20H23N3O2. The highest BCUT2D eigenvalue weighted by Gasteiger charge is 2.34. The number of aryl methyl sites for hydroxylation is 1. The normalized spacial score (nSPS) is 16.5. The highest BCUT2D eigenvalue weighted by atomic mass is 16.2. The van der Waals surface area contributed by atoms with Gasteiger partial charge in [-0.25, -0.2) is 4.79 Å². The summed E-state index contributed by atoms with van der Waals surface area (Å²) in [5, 5.41) is 5.86. The average molecular weight is 337 g/mol. The quantitative estimate of drug-likeness (QED) is 0.899. The largest absolute Gasteiger partial charge is 0.350 e. The topological polar surface area (TPSA) is 61.4 Å². The standard InChI is InChI=1S/C20H23N3O2/c1-15-8-5-6-11-17(15)22-20(25)23-13-7-12-18(23)19(24)21-14-16-9-3-2-4-10-16/h2-6,8-11,18H,7,12-14H2,1H3,(H,21,24)(H,22,25)/t18-/m0/s1. The first-order valence-electron chi connectivity index (χ1n) is 8.60. The molecule has 0 spiro atoms. The van der Waals surface area contributed by atoms with Crippen LogP contribution in [-0.2, 0) is 11.3 Å². The summed E-state index contributed by atoms with van der Waals surface area (Å²) in [7, 11) is 0. The van der Waals surface area contributed by atoms with Gasteiger partial charge in [0.2, 0.25) is 5.91 Å². The van der Waals surface area contributed by atoms with Crippen LogP contribution in [0.4, 0.5) is 10.5 Å². The summed E-state index contributed by atoms with van der Waals surface area (Å²) >= 11 is 0. The number of para-hydroxylation sites is 1. The number of benzene rings is 2. The Morgan fingerprint density at radius 3 is 2.56 bits per heavy atom. The predicted octanol–water partition coefficient (Wildman–Crippen LogP) is 3.31. The summed E-state index contributed by atoms with van der Waals surface area (Å²) in [5.74, 6) is -0.0960. The summed E-state index contributed by atoms with van der Waals surface area (Å²) < 4.78 is 0. The third-order valence-corrected chi connectivity index (χ3v) is 4.51. The van der Waals surface area contributed by atoms with Crippen molar-refractivity contribution in [3.05, 3.63) is 65.7 Å². The molecule has 1 fully saturated rings. The molecule has 3 amide bonds. The van der Waals surface area contributed by atoms with Crippen LogP contribution in [0.5, 0.6) is 0 Å². The van der Waals surface area contributed by atoms with Crippen molar-refractivity contribution in [3.63, 3.8) is 0 Å². The number of carbonyl (C=O) groups excluding carboxylic acids is 2. The zero-order chi connectivity index (χ0) is 17.6. The van der Waals surface area contributed by atoms with Crippen molar-refractivity contribution in [3.8, 4) is 0 Å². The van der Waals surface area contributed by atoms with Crippen LogP contribution < -0.4 is 10.6 Å². The monoisotopic (exact) mass is 337 g/mol. The Kier molecular flexibility index (Phi) is 5.33. The SMILES string of the molecule is Cc1ccccc1NC(=O)N1CCC[C@H]1C(=O)NCc1ccccc1. The molecule has 5 heteroatoms. The first kappa shape index (κ1) is 17.0. The van der Waals surface area contributed by atoms with Crippen molar-refractivity contribution in [1.29, 1.82) is 0 Å². The van der Waals surface area contributed by atoms with E-state index in [0.717, 1.165) is 23.2 Å². The number of anilines is 1. The highest BCUT2D eigenvalue weighted by molar-refractivity contribution is 5.94. The average Bonchev–Trinajstić information content (AvgIpc) is 3.12. The molecule has 130 valence electrons. The molecule has 0 radical (unpaired) electrons. The van der Waals surface area contributed by atoms with Gasteiger partial charge in [-0.1, -0.05) is 48.5 Å². The van der Waals surface area contributed by atoms with Crippen LogP contribution in [-0.4, -0.2) is 29.4 Å². The van der Waals surface area contributed by atoms with Gasteiger partial charge in [-0.2, -0.15) is 0 Å². The molecule has 25 heavy (non-hydrogen) atoms. The summed E-state index contributed by atoms with van der Waals surface area (Å²) in [6, 6.07) is 16.8. The molecule has 0 aliphatic carbocycles. The smallest absolute Gasteiger partial charge is 0.322 e. The van der Waals surface area contributed by atoms with Gasteiger partial charge in [0.1, 0.15) is 6.04 Å². The van der Waals surface area contributed by atoms with E-state index in [1.54, 1.807) is 4.90 Å². The maximum absolute atomic E-state index is 12.6. The van der Waals surface area contributed by atoms with E-state index in [2.05, 4.69) is 10.6 Å². The summed E-state index contributed by atoms with van der Waals surface area (Å²) in [6.07, 6.45) is 1.53. The van der Waals surface area contributed by atoms with E-state index in [4.69, 9.17) is 0 Å². The third kappa shape index (κ3) is 4.18. The lowest BCUT2D eigenvalue weighted by molar-refractivity contribution is -0.124. The maximum Gasteiger partial charge on any atom is 0.322 e. The van der Waals surface area contributed by atoms with Gasteiger partial charge in [-0.05, 0) is 37.0 Å². The minimum absolute atomic E-state index is 0.0960. The molecule has 5 nitrogen and oxygen atoms in total. The fourth-order valence-corrected chi connectivity index (χ4v) is 3.09. The van der Waals surface area contributed by atoms with E-state index in [9.17, 15) is 9.59 Å². The van der Waals surface area contributed by atoms with Gasteiger partial charge in [-0.3, -0.25) is 4.79 Å². The molecular weight excluding hydrogens is 314 g/mol. The van der Waals surface area contributed by atoms with Gasteiger partial charge in [0.15, 0.2) is 0 Å². The Balaban J connectivity index is 1.60. The number of hydrogen-bond acceptors (Lipinski definition) is 2. The predicted molar refractivity (Wildman–Crippen MR) is 98.2 cm³/mol. The van der Waals surface area contributed by atoms with Crippen LogP contribution in [0.15, 0.2) is 54.6 Å². The maximum atomic E-state index is 12.6. The lowest BCUT2D eigenvalue weighted by Gasteiger charge is -2.24. The Hall–Kier alpha value is -2.82. The second-order valence-corrected chi connectivity index (χ2v) is 6.30. The highest BCUT2D eigenvalue weighted by Crippen LogP contribution is 2.20. The Morgan fingerprint density at radius 1 is 1.08 bits per heavy atom. The van der Waals surface area contributed by atoms with Crippen LogP contribution >= 0.6 is 0 Å². The first-order valence-corrected chi connectivity index (χ1v) is 8.60. The van der Waals surface area contributed by atoms with Gasteiger partial charge in [0.25, 0.3) is 0 Å². The lowest BCUT2D eigenvalue weighted by Crippen LogP contribution is -2.47. The van der Waals surface area contributed by atoms with Crippen LogP contribution in [0.1, 0.15) is 24.0 Å². The molecule has 1 atom stereocenters. The lowest BCUT2D eigenvalue weighted by atomic mass is 10.2. The molecule has 1 aliphatic heterocycles. The van der Waals surface area contributed by atoms with Crippen LogP contribution in [0.2, 0.25) is 0 Å². The molecule has 1 aliphatic rings. The van der Waals surface area contributed by atoms with Gasteiger partial charge < -0.3 is 15.5 Å². The zero-order valence-corrected chi connectivity index (χ0v) is 14.4. The Bertz CT molecular complexity index is 746. The van der Waals surface area contributed by atoms with Gasteiger partial charge in [-0.15, -0.1) is 0 Å². The molecule has 1 heterocycles. The Morgan fingerprint density at radius 2 is 1.80 bits per heavy atom. The number of amides is 3. The molecule has 0 aromatic heterocycles. The number of likely N-dealkylation sites (tertiary alicyclic amines) is 1. The second-order valence-electron chi connectivity index (χ2n) is 6.30. The van der Waals surface area contributed by atoms with Crippen molar-refractivity contribution in [1.82, 2.24) is 10.2 Å². The fraction of sp³-hybridized carbons (Fsp3) is 0.300. The van der Waals surface area contributed by atoms with Crippen LogP contribution in [0.25, 0.3) is 0 Å². The van der Waals surface area contributed by atoms with E-state index in [1.165, 1.54) is 0 Å². The molecule has 0 bridgehead atoms. The number of nitrogens with one attached hydrogen (secondary N) is 2. The first-order chi connectivity index (χ1) is 12.1. The van der Waals surface area contributed by atoms with Gasteiger partial charge in [0, 0.05) is 18.8 Å². The molecule has 0 unspecified atom stereocenters. The molecule has 3 rings (SSSR count). The molecule has 2 aromatic rings. The second kappa shape index (κ2) is 7.83. The van der Waals surface area contributed by atoms with Gasteiger partial charge >= 0.3 is 6.03 Å². The van der Waals surface area contributed by atoms with E-state index in [-0.39, 0.29) is 11.9 Å². The summed E-state index contributed by atoms with van der Waals surface area (Å²) in [4.78, 5) is 26.7. The fourth-order valence-electron chi connectivity index (χ4n) is 3.09. The number of hydrogen-bond donors (Lipinski definition) is 2. The summed E-state index contributed by atoms with van der Waals surface area (Å²) in [6.45, 7) is 3.02. The third-order valence-electron chi connectivity index (χ3n) is 4.51. The Labute approximate surface area is 148 Å². The van der Waals surface area contributed by atoms with Gasteiger partial charge in [0.05, 0.1) is 0 Å². The number of nitrogens with zero attached hydrogens (tertiary/aromatic N) is 1. The van der Waals surface area contributed by atoms with Crippen LogP contribution in [0.3, 0.4) is 0 Å². The van der Waals surface area contributed by atoms with E-state index in [1.807, 2.05) is 61.5 Å². The minimum atomic E-state index is -0.410. The molecule has 1 saturated heterocycles. The molecule has 2 aromatic carbocycles. The van der Waals surface area contributed by atoms with Crippen molar-refractivity contribution in [2.75, 3.05) is 11.9 Å². The zero-order valence-electron chi connectivity index (χ0n) is 14.4. The van der Waals surface area contributed by atoms with Crippen molar-refractivity contribution in [2.24, 2.45) is 0 Å². The van der Waals surface area contributed by atoms with Crippen molar-refractivity contribution in [2.45, 2.75) is 32.4 Å². The van der Waals surface area contributed by atoms with Crippen LogP contribution in [0, 0.1) is 6.92 Å². The summed E-state index contributed by atoms with van der Waals surface area (Å²) in [5.41, 5.74) is 2.83. The minimum Gasteiger partial charge on any atom is -0.350 e. The number of urea groups is 1. The van der Waals surface area contributed by atoms with E-state index in [0.29, 0.717) is 19.5 Å². The van der Waals surface area contributed by atoms with Crippen molar-refractivity contribution < 1.29 is 9.59 Å². The number of carbonyl (C=O) groups is 2. The van der Waals surface area contributed by atoms with Crippen molar-refractivity contribution >= 4 is 17.6 Å². The number of rotatable bonds is 4. The molecule has 0 saturated carbocycles. The van der Waals surface area contributed by atoms with E-state index < -0.39 is 6.04 Å². The molecule has 2 N–H and O–H groups in total. The van der Waals surface area contributed by atoms with E-state index >= 15 is 0 Å².